The molecule has 2 aliphatic heterocycles. The van der Waals surface area contributed by atoms with Crippen LogP contribution in [0.5, 0.6) is 5.75 Å². The minimum absolute atomic E-state index is 0.00615. The molecule has 1 spiro atoms. The molecule has 3 rings (SSSR count). The van der Waals surface area contributed by atoms with Gasteiger partial charge in [0.05, 0.1) is 13.7 Å². The van der Waals surface area contributed by atoms with Crippen LogP contribution in [-0.4, -0.2) is 73.6 Å². The first-order valence-electron chi connectivity index (χ1n) is 12.6. The van der Waals surface area contributed by atoms with E-state index in [4.69, 9.17) is 9.47 Å². The smallest absolute Gasteiger partial charge is 0.328 e. The number of piperidine rings is 1. The highest BCUT2D eigenvalue weighted by molar-refractivity contribution is 5.92. The third kappa shape index (κ3) is 6.99. The Bertz CT molecular complexity index is 921. The van der Waals surface area contributed by atoms with Crippen LogP contribution in [0.4, 0.5) is 4.79 Å². The van der Waals surface area contributed by atoms with E-state index in [0.29, 0.717) is 39.2 Å². The van der Waals surface area contributed by atoms with Gasteiger partial charge in [-0.3, -0.25) is 4.79 Å². The van der Waals surface area contributed by atoms with Crippen LogP contribution in [0.3, 0.4) is 0 Å². The first-order valence-corrected chi connectivity index (χ1v) is 12.6. The van der Waals surface area contributed by atoms with Crippen molar-refractivity contribution >= 4 is 24.0 Å². The van der Waals surface area contributed by atoms with E-state index in [0.717, 1.165) is 30.6 Å². The molecule has 1 aromatic rings. The summed E-state index contributed by atoms with van der Waals surface area (Å²) in [5.74, 6) is 0.606. The van der Waals surface area contributed by atoms with E-state index in [9.17, 15) is 14.4 Å². The normalized spacial score (nSPS) is 18.2. The summed E-state index contributed by atoms with van der Waals surface area (Å²) >= 11 is 0. The maximum Gasteiger partial charge on any atom is 0.328 e. The fourth-order valence-corrected chi connectivity index (χ4v) is 4.96. The number of hydrogen-bond donors (Lipinski definition) is 1. The van der Waals surface area contributed by atoms with Gasteiger partial charge in [-0.05, 0) is 56.1 Å². The van der Waals surface area contributed by atoms with E-state index in [1.165, 1.54) is 7.11 Å². The van der Waals surface area contributed by atoms with Crippen molar-refractivity contribution in [3.05, 3.63) is 35.9 Å². The van der Waals surface area contributed by atoms with E-state index < -0.39 is 12.0 Å². The van der Waals surface area contributed by atoms with Crippen LogP contribution in [-0.2, 0) is 14.3 Å². The molecule has 1 aromatic carbocycles. The number of carbonyl (C=O) groups excluding carboxylic acids is 3. The first-order chi connectivity index (χ1) is 16.8. The molecule has 35 heavy (non-hydrogen) atoms. The third-order valence-electron chi connectivity index (χ3n) is 6.98. The zero-order chi connectivity index (χ0) is 25.4. The molecule has 0 aliphatic carbocycles. The number of nitrogens with one attached hydrogen (secondary N) is 1. The molecule has 0 radical (unpaired) electrons. The van der Waals surface area contributed by atoms with Gasteiger partial charge in [0.2, 0.25) is 5.91 Å². The quantitative estimate of drug-likeness (QED) is 0.448. The Morgan fingerprint density at radius 3 is 2.37 bits per heavy atom. The molecule has 8 heteroatoms. The zero-order valence-corrected chi connectivity index (χ0v) is 21.4. The van der Waals surface area contributed by atoms with Crippen molar-refractivity contribution in [2.45, 2.75) is 52.5 Å². The Hall–Kier alpha value is -3.03. The van der Waals surface area contributed by atoms with E-state index in [1.54, 1.807) is 11.0 Å². The second-order valence-electron chi connectivity index (χ2n) is 9.96. The Balaban J connectivity index is 1.52. The van der Waals surface area contributed by atoms with Crippen LogP contribution in [0, 0.1) is 11.3 Å². The number of esters is 1. The molecule has 8 nitrogen and oxygen atoms in total. The molecule has 2 heterocycles. The second-order valence-corrected chi connectivity index (χ2v) is 9.96. The number of rotatable bonds is 8. The molecule has 1 atom stereocenters. The van der Waals surface area contributed by atoms with Crippen LogP contribution in [0.15, 0.2) is 30.3 Å². The van der Waals surface area contributed by atoms with E-state index in [2.05, 4.69) is 5.32 Å². The number of para-hydroxylation sites is 1. The standard InChI is InChI=1S/C27H39N3O5/c1-5-35-23-9-7-6-8-21(23)10-11-24(31)29-15-12-27(13-16-29)14-17-30(19-27)26(33)28-22(18-20(2)3)25(32)34-4/h6-11,20,22H,5,12-19H2,1-4H3,(H,28,33). The lowest BCUT2D eigenvalue weighted by Gasteiger charge is -2.39. The van der Waals surface area contributed by atoms with Gasteiger partial charge in [0, 0.05) is 37.8 Å². The molecule has 0 bridgehead atoms. The summed E-state index contributed by atoms with van der Waals surface area (Å²) in [6.07, 6.45) is 6.60. The summed E-state index contributed by atoms with van der Waals surface area (Å²) in [4.78, 5) is 41.4. The number of methoxy groups -OCH3 is 1. The molecular formula is C27H39N3O5. The monoisotopic (exact) mass is 485 g/mol. The summed E-state index contributed by atoms with van der Waals surface area (Å²) in [6, 6.07) is 6.82. The molecule has 2 fully saturated rings. The highest BCUT2D eigenvalue weighted by Gasteiger charge is 2.43. The fraction of sp³-hybridized carbons (Fsp3) is 0.593. The maximum atomic E-state index is 12.9. The molecular weight excluding hydrogens is 446 g/mol. The molecule has 192 valence electrons. The number of likely N-dealkylation sites (tertiary alicyclic amines) is 2. The number of benzene rings is 1. The average Bonchev–Trinajstić information content (AvgIpc) is 3.26. The lowest BCUT2D eigenvalue weighted by atomic mass is 9.78. The van der Waals surface area contributed by atoms with Crippen LogP contribution >= 0.6 is 0 Å². The topological polar surface area (TPSA) is 88.2 Å². The van der Waals surface area contributed by atoms with Crippen molar-refractivity contribution in [3.8, 4) is 5.75 Å². The molecule has 2 saturated heterocycles. The second kappa shape index (κ2) is 12.1. The fourth-order valence-electron chi connectivity index (χ4n) is 4.96. The summed E-state index contributed by atoms with van der Waals surface area (Å²) in [5.41, 5.74) is 0.912. The SMILES string of the molecule is CCOc1ccccc1C=CC(=O)N1CCC2(CC1)CCN(C(=O)NC(CC(C)C)C(=O)OC)C2. The summed E-state index contributed by atoms with van der Waals surface area (Å²) in [5, 5.41) is 2.86. The van der Waals surface area contributed by atoms with Crippen LogP contribution in [0.2, 0.25) is 0 Å². The maximum absolute atomic E-state index is 12.9. The van der Waals surface area contributed by atoms with Crippen molar-refractivity contribution in [2.75, 3.05) is 39.9 Å². The Kier molecular flexibility index (Phi) is 9.18. The highest BCUT2D eigenvalue weighted by atomic mass is 16.5. The predicted molar refractivity (Wildman–Crippen MR) is 135 cm³/mol. The number of nitrogens with zero attached hydrogens (tertiary/aromatic N) is 2. The Morgan fingerprint density at radius 1 is 1.09 bits per heavy atom. The highest BCUT2D eigenvalue weighted by Crippen LogP contribution is 2.40. The van der Waals surface area contributed by atoms with Crippen molar-refractivity contribution in [1.82, 2.24) is 15.1 Å². The van der Waals surface area contributed by atoms with Gasteiger partial charge >= 0.3 is 12.0 Å². The van der Waals surface area contributed by atoms with E-state index >= 15 is 0 Å². The lowest BCUT2D eigenvalue weighted by molar-refractivity contribution is -0.143. The molecule has 3 amide bonds. The first kappa shape index (κ1) is 26.6. The third-order valence-corrected chi connectivity index (χ3v) is 6.98. The Morgan fingerprint density at radius 2 is 1.74 bits per heavy atom. The summed E-state index contributed by atoms with van der Waals surface area (Å²) < 4.78 is 10.5. The van der Waals surface area contributed by atoms with Gasteiger partial charge in [0.25, 0.3) is 0 Å². The van der Waals surface area contributed by atoms with Crippen molar-refractivity contribution < 1.29 is 23.9 Å². The van der Waals surface area contributed by atoms with Gasteiger partial charge < -0.3 is 24.6 Å². The summed E-state index contributed by atoms with van der Waals surface area (Å²) in [6.45, 7) is 9.17. The number of carbonyl (C=O) groups is 3. The van der Waals surface area contributed by atoms with Crippen LogP contribution in [0.1, 0.15) is 52.0 Å². The molecule has 2 aliphatic rings. The predicted octanol–water partition coefficient (Wildman–Crippen LogP) is 3.71. The van der Waals surface area contributed by atoms with Crippen molar-refractivity contribution in [1.29, 1.82) is 0 Å². The van der Waals surface area contributed by atoms with Crippen molar-refractivity contribution in [3.63, 3.8) is 0 Å². The number of hydrogen-bond acceptors (Lipinski definition) is 5. The van der Waals surface area contributed by atoms with Gasteiger partial charge in [-0.2, -0.15) is 0 Å². The van der Waals surface area contributed by atoms with Crippen LogP contribution < -0.4 is 10.1 Å². The Labute approximate surface area is 208 Å². The molecule has 1 N–H and O–H groups in total. The van der Waals surface area contributed by atoms with E-state index in [1.807, 2.05) is 56.0 Å². The zero-order valence-electron chi connectivity index (χ0n) is 21.4. The minimum Gasteiger partial charge on any atom is -0.493 e. The summed E-state index contributed by atoms with van der Waals surface area (Å²) in [7, 11) is 1.34. The van der Waals surface area contributed by atoms with Crippen LogP contribution in [0.25, 0.3) is 6.08 Å². The van der Waals surface area contributed by atoms with Gasteiger partial charge in [-0.1, -0.05) is 32.0 Å². The molecule has 0 saturated carbocycles. The molecule has 0 aromatic heterocycles. The van der Waals surface area contributed by atoms with Crippen molar-refractivity contribution in [2.24, 2.45) is 11.3 Å². The molecule has 1 unspecified atom stereocenters. The van der Waals surface area contributed by atoms with Gasteiger partial charge in [-0.25, -0.2) is 9.59 Å². The number of ether oxygens (including phenoxy) is 2. The van der Waals surface area contributed by atoms with Gasteiger partial charge in [0.15, 0.2) is 0 Å². The lowest BCUT2D eigenvalue weighted by Crippen LogP contribution is -2.49. The number of amides is 3. The van der Waals surface area contributed by atoms with E-state index in [-0.39, 0.29) is 23.3 Å². The van der Waals surface area contributed by atoms with Gasteiger partial charge in [0.1, 0.15) is 11.8 Å². The minimum atomic E-state index is -0.636. The number of urea groups is 1. The average molecular weight is 486 g/mol. The largest absolute Gasteiger partial charge is 0.493 e. The van der Waals surface area contributed by atoms with Gasteiger partial charge in [-0.15, -0.1) is 0 Å².